The van der Waals surface area contributed by atoms with Crippen molar-refractivity contribution in [2.24, 2.45) is 0 Å². The SMILES string of the molecule is Nc1c(C(=O)N2CC3CCC(C2)O3)sc2cc(Cl)ccc12. The molecule has 3 heterocycles. The van der Waals surface area contributed by atoms with Gasteiger partial charge < -0.3 is 15.4 Å². The number of morpholine rings is 1. The van der Waals surface area contributed by atoms with Gasteiger partial charge in [-0.15, -0.1) is 11.3 Å². The number of ether oxygens (including phenoxy) is 1. The van der Waals surface area contributed by atoms with Gasteiger partial charge in [0.1, 0.15) is 4.88 Å². The topological polar surface area (TPSA) is 55.6 Å². The van der Waals surface area contributed by atoms with Crippen LogP contribution >= 0.6 is 22.9 Å². The minimum Gasteiger partial charge on any atom is -0.397 e. The van der Waals surface area contributed by atoms with Gasteiger partial charge in [-0.05, 0) is 31.0 Å². The molecule has 2 aromatic rings. The largest absolute Gasteiger partial charge is 0.397 e. The molecule has 2 bridgehead atoms. The number of amides is 1. The highest BCUT2D eigenvalue weighted by Crippen LogP contribution is 2.37. The van der Waals surface area contributed by atoms with Crippen LogP contribution < -0.4 is 5.73 Å². The Kier molecular flexibility index (Phi) is 3.10. The summed E-state index contributed by atoms with van der Waals surface area (Å²) in [5, 5.41) is 1.57. The number of hydrogen-bond acceptors (Lipinski definition) is 4. The lowest BCUT2D eigenvalue weighted by atomic mass is 10.2. The van der Waals surface area contributed by atoms with Gasteiger partial charge in [-0.2, -0.15) is 0 Å². The van der Waals surface area contributed by atoms with Gasteiger partial charge in [0, 0.05) is 28.2 Å². The Bertz CT molecular complexity index is 718. The van der Waals surface area contributed by atoms with Crippen LogP contribution in [0.15, 0.2) is 18.2 Å². The third kappa shape index (κ3) is 2.20. The molecule has 1 aromatic heterocycles. The van der Waals surface area contributed by atoms with Crippen molar-refractivity contribution in [3.05, 3.63) is 28.1 Å². The molecule has 2 saturated heterocycles. The summed E-state index contributed by atoms with van der Waals surface area (Å²) in [5.74, 6) is 0.0185. The van der Waals surface area contributed by atoms with Crippen molar-refractivity contribution >= 4 is 44.6 Å². The number of fused-ring (bicyclic) bond motifs is 3. The van der Waals surface area contributed by atoms with E-state index < -0.39 is 0 Å². The first-order valence-electron chi connectivity index (χ1n) is 7.04. The van der Waals surface area contributed by atoms with E-state index in [9.17, 15) is 4.79 Å². The lowest BCUT2D eigenvalue weighted by Gasteiger charge is -2.31. The summed E-state index contributed by atoms with van der Waals surface area (Å²) in [6.07, 6.45) is 2.48. The van der Waals surface area contributed by atoms with Crippen LogP contribution in [0.5, 0.6) is 0 Å². The molecule has 2 aliphatic heterocycles. The fourth-order valence-electron chi connectivity index (χ4n) is 3.17. The minimum absolute atomic E-state index is 0.0185. The summed E-state index contributed by atoms with van der Waals surface area (Å²) >= 11 is 7.43. The molecule has 21 heavy (non-hydrogen) atoms. The molecule has 4 nitrogen and oxygen atoms in total. The molecule has 2 atom stereocenters. The Balaban J connectivity index is 1.69. The van der Waals surface area contributed by atoms with E-state index in [2.05, 4.69) is 0 Å². The predicted molar refractivity (Wildman–Crippen MR) is 85.0 cm³/mol. The normalized spacial score (nSPS) is 24.7. The number of thiophene rings is 1. The van der Waals surface area contributed by atoms with Crippen molar-refractivity contribution in [3.63, 3.8) is 0 Å². The van der Waals surface area contributed by atoms with Crippen molar-refractivity contribution in [2.75, 3.05) is 18.8 Å². The van der Waals surface area contributed by atoms with Gasteiger partial charge in [-0.3, -0.25) is 4.79 Å². The Morgan fingerprint density at radius 1 is 1.33 bits per heavy atom. The highest BCUT2D eigenvalue weighted by molar-refractivity contribution is 7.21. The minimum atomic E-state index is 0.0185. The number of anilines is 1. The number of benzene rings is 1. The first-order chi connectivity index (χ1) is 10.1. The molecule has 2 aliphatic rings. The van der Waals surface area contributed by atoms with E-state index in [0.717, 1.165) is 22.9 Å². The van der Waals surface area contributed by atoms with Gasteiger partial charge in [0.25, 0.3) is 5.91 Å². The fraction of sp³-hybridized carbons (Fsp3) is 0.400. The van der Waals surface area contributed by atoms with Gasteiger partial charge in [-0.1, -0.05) is 11.6 Å². The summed E-state index contributed by atoms with van der Waals surface area (Å²) in [4.78, 5) is 15.3. The van der Waals surface area contributed by atoms with Gasteiger partial charge in [0.05, 0.1) is 17.9 Å². The molecule has 0 saturated carbocycles. The molecule has 0 radical (unpaired) electrons. The fourth-order valence-corrected chi connectivity index (χ4v) is 4.54. The quantitative estimate of drug-likeness (QED) is 0.877. The van der Waals surface area contributed by atoms with Crippen LogP contribution in [0, 0.1) is 0 Å². The van der Waals surface area contributed by atoms with Gasteiger partial charge in [0.2, 0.25) is 0 Å². The molecule has 1 aromatic carbocycles. The van der Waals surface area contributed by atoms with E-state index in [0.29, 0.717) is 28.7 Å². The van der Waals surface area contributed by atoms with Gasteiger partial charge >= 0.3 is 0 Å². The molecule has 110 valence electrons. The average molecular weight is 323 g/mol. The summed E-state index contributed by atoms with van der Waals surface area (Å²) in [5.41, 5.74) is 6.74. The number of carbonyl (C=O) groups excluding carboxylic acids is 1. The smallest absolute Gasteiger partial charge is 0.266 e. The van der Waals surface area contributed by atoms with Gasteiger partial charge in [-0.25, -0.2) is 0 Å². The zero-order chi connectivity index (χ0) is 14.6. The molecule has 2 unspecified atom stereocenters. The molecule has 1 amide bonds. The van der Waals surface area contributed by atoms with Crippen molar-refractivity contribution in [1.29, 1.82) is 0 Å². The highest BCUT2D eigenvalue weighted by Gasteiger charge is 2.36. The second-order valence-corrected chi connectivity index (χ2v) is 7.14. The van der Waals surface area contributed by atoms with Gasteiger partial charge in [0.15, 0.2) is 0 Å². The zero-order valence-corrected chi connectivity index (χ0v) is 12.9. The molecule has 0 spiro atoms. The number of nitrogens with zero attached hydrogens (tertiary/aromatic N) is 1. The summed E-state index contributed by atoms with van der Waals surface area (Å²) in [6.45, 7) is 1.34. The van der Waals surface area contributed by atoms with E-state index >= 15 is 0 Å². The molecule has 2 fully saturated rings. The number of rotatable bonds is 1. The summed E-state index contributed by atoms with van der Waals surface area (Å²) in [6, 6.07) is 5.54. The van der Waals surface area contributed by atoms with Crippen molar-refractivity contribution in [2.45, 2.75) is 25.0 Å². The molecule has 2 N–H and O–H groups in total. The maximum atomic E-state index is 12.8. The van der Waals surface area contributed by atoms with Crippen LogP contribution in [-0.2, 0) is 4.74 Å². The molecular weight excluding hydrogens is 308 g/mol. The monoisotopic (exact) mass is 322 g/mol. The standard InChI is InChI=1S/C15H15ClN2O2S/c16-8-1-4-11-12(5-8)21-14(13(11)17)15(19)18-6-9-2-3-10(7-18)20-9/h1,4-5,9-10H,2-3,6-7,17H2. The maximum absolute atomic E-state index is 12.8. The molecule has 6 heteroatoms. The number of carbonyl (C=O) groups is 1. The lowest BCUT2D eigenvalue weighted by molar-refractivity contribution is -0.0301. The summed E-state index contributed by atoms with van der Waals surface area (Å²) in [7, 11) is 0. The second-order valence-electron chi connectivity index (χ2n) is 5.65. The third-order valence-corrected chi connectivity index (χ3v) is 5.61. The number of nitrogen functional groups attached to an aromatic ring is 1. The van der Waals surface area contributed by atoms with E-state index in [1.807, 2.05) is 17.0 Å². The van der Waals surface area contributed by atoms with Crippen LogP contribution in [0.1, 0.15) is 22.5 Å². The number of nitrogens with two attached hydrogens (primary N) is 1. The third-order valence-electron chi connectivity index (χ3n) is 4.22. The van der Waals surface area contributed by atoms with Crippen molar-refractivity contribution < 1.29 is 9.53 Å². The van der Waals surface area contributed by atoms with Crippen LogP contribution in [0.25, 0.3) is 10.1 Å². The van der Waals surface area contributed by atoms with E-state index in [1.54, 1.807) is 6.07 Å². The molecule has 0 aliphatic carbocycles. The predicted octanol–water partition coefficient (Wildman–Crippen LogP) is 3.14. The van der Waals surface area contributed by atoms with Crippen LogP contribution in [-0.4, -0.2) is 36.1 Å². The average Bonchev–Trinajstić information content (AvgIpc) is 2.98. The van der Waals surface area contributed by atoms with Crippen LogP contribution in [0.2, 0.25) is 5.02 Å². The van der Waals surface area contributed by atoms with E-state index in [1.165, 1.54) is 11.3 Å². The maximum Gasteiger partial charge on any atom is 0.266 e. The first kappa shape index (κ1) is 13.4. The highest BCUT2D eigenvalue weighted by atomic mass is 35.5. The zero-order valence-electron chi connectivity index (χ0n) is 11.3. The molecular formula is C15H15ClN2O2S. The second kappa shape index (κ2) is 4.87. The van der Waals surface area contributed by atoms with Crippen LogP contribution in [0.4, 0.5) is 5.69 Å². The Hall–Kier alpha value is -1.30. The Morgan fingerprint density at radius 2 is 2.05 bits per heavy atom. The number of likely N-dealkylation sites (tertiary alicyclic amines) is 1. The van der Waals surface area contributed by atoms with E-state index in [-0.39, 0.29) is 18.1 Å². The lowest BCUT2D eigenvalue weighted by Crippen LogP contribution is -2.45. The number of hydrogen-bond donors (Lipinski definition) is 1. The first-order valence-corrected chi connectivity index (χ1v) is 8.23. The Labute approximate surface area is 131 Å². The molecule has 4 rings (SSSR count). The van der Waals surface area contributed by atoms with Crippen molar-refractivity contribution in [3.8, 4) is 0 Å². The summed E-state index contributed by atoms with van der Waals surface area (Å²) < 4.78 is 6.74. The van der Waals surface area contributed by atoms with Crippen LogP contribution in [0.3, 0.4) is 0 Å². The Morgan fingerprint density at radius 3 is 2.76 bits per heavy atom. The van der Waals surface area contributed by atoms with E-state index in [4.69, 9.17) is 22.1 Å². The van der Waals surface area contributed by atoms with Crippen molar-refractivity contribution in [1.82, 2.24) is 4.90 Å². The number of halogens is 1.